The number of hydrogen-bond acceptors (Lipinski definition) is 2. The Bertz CT molecular complexity index is 168. The average Bonchev–Trinajstić information content (AvgIpc) is 1.84. The number of hydrogen-bond donors (Lipinski definition) is 0. The second-order valence-corrected chi connectivity index (χ2v) is 5.28. The molecule has 2 nitrogen and oxygen atoms in total. The molecule has 72 valence electrons. The minimum atomic E-state index is -0.375. The number of ether oxygens (including phenoxy) is 1. The summed E-state index contributed by atoms with van der Waals surface area (Å²) < 4.78 is 6.03. The number of alkyl halides is 1. The molecule has 0 N–H and O–H groups in total. The first-order valence-corrected chi connectivity index (χ1v) is 5.51. The Morgan fingerprint density at radius 2 is 1.67 bits per heavy atom. The third kappa shape index (κ3) is 4.28. The van der Waals surface area contributed by atoms with Crippen LogP contribution in [0.15, 0.2) is 0 Å². The topological polar surface area (TPSA) is 26.3 Å². The van der Waals surface area contributed by atoms with Crippen molar-refractivity contribution >= 4 is 28.6 Å². The number of rotatable bonds is 2. The maximum Gasteiger partial charge on any atom is 0.312 e. The van der Waals surface area contributed by atoms with E-state index in [9.17, 15) is 4.79 Å². The molecule has 0 spiro atoms. The number of esters is 1. The molecule has 0 aromatic heterocycles. The highest BCUT2D eigenvalue weighted by atomic mass is 127. The monoisotopic (exact) mass is 284 g/mol. The summed E-state index contributed by atoms with van der Waals surface area (Å²) in [5.74, 6) is -0.121. The van der Waals surface area contributed by atoms with Crippen molar-refractivity contribution in [2.75, 3.05) is 4.43 Å². The van der Waals surface area contributed by atoms with Gasteiger partial charge in [0.1, 0.15) is 5.60 Å². The van der Waals surface area contributed by atoms with Gasteiger partial charge in [-0.1, -0.05) is 22.6 Å². The fraction of sp³-hybridized carbons (Fsp3) is 0.889. The standard InChI is InChI=1S/C9H17IO2/c1-8(2,3)12-7(11)9(4,5)6-10/h6H2,1-5H3. The minimum Gasteiger partial charge on any atom is -0.460 e. The average molecular weight is 284 g/mol. The maximum atomic E-state index is 11.5. The summed E-state index contributed by atoms with van der Waals surface area (Å²) in [6.45, 7) is 9.44. The molecule has 0 rings (SSSR count). The van der Waals surface area contributed by atoms with E-state index in [0.717, 1.165) is 4.43 Å². The van der Waals surface area contributed by atoms with E-state index in [2.05, 4.69) is 22.6 Å². The first-order chi connectivity index (χ1) is 5.19. The molecular formula is C9H17IO2. The van der Waals surface area contributed by atoms with Crippen molar-refractivity contribution in [3.8, 4) is 0 Å². The molecule has 0 saturated carbocycles. The molecule has 12 heavy (non-hydrogen) atoms. The largest absolute Gasteiger partial charge is 0.460 e. The van der Waals surface area contributed by atoms with Crippen molar-refractivity contribution in [3.05, 3.63) is 0 Å². The third-order valence-electron chi connectivity index (χ3n) is 1.29. The van der Waals surface area contributed by atoms with Gasteiger partial charge >= 0.3 is 5.97 Å². The smallest absolute Gasteiger partial charge is 0.312 e. The van der Waals surface area contributed by atoms with Crippen LogP contribution in [0.3, 0.4) is 0 Å². The van der Waals surface area contributed by atoms with Crippen molar-refractivity contribution < 1.29 is 9.53 Å². The van der Waals surface area contributed by atoms with Gasteiger partial charge in [-0.3, -0.25) is 4.79 Å². The molecular weight excluding hydrogens is 267 g/mol. The fourth-order valence-corrected chi connectivity index (χ4v) is 0.782. The molecule has 0 bridgehead atoms. The normalized spacial score (nSPS) is 12.8. The second kappa shape index (κ2) is 3.94. The van der Waals surface area contributed by atoms with Crippen LogP contribution in [0, 0.1) is 5.41 Å². The second-order valence-electron chi connectivity index (χ2n) is 4.52. The molecule has 0 aliphatic rings. The van der Waals surface area contributed by atoms with Gasteiger partial charge in [-0.2, -0.15) is 0 Å². The summed E-state index contributed by atoms with van der Waals surface area (Å²) in [4.78, 5) is 11.5. The van der Waals surface area contributed by atoms with Crippen LogP contribution in [0.5, 0.6) is 0 Å². The van der Waals surface area contributed by atoms with E-state index in [1.807, 2.05) is 34.6 Å². The van der Waals surface area contributed by atoms with Crippen molar-refractivity contribution in [2.45, 2.75) is 40.2 Å². The lowest BCUT2D eigenvalue weighted by atomic mass is 9.97. The van der Waals surface area contributed by atoms with Gasteiger partial charge in [0.2, 0.25) is 0 Å². The number of carbonyl (C=O) groups is 1. The molecule has 0 aliphatic heterocycles. The molecule has 0 aromatic rings. The summed E-state index contributed by atoms with van der Waals surface area (Å²) in [5, 5.41) is 0. The van der Waals surface area contributed by atoms with Gasteiger partial charge < -0.3 is 4.74 Å². The van der Waals surface area contributed by atoms with E-state index < -0.39 is 0 Å². The lowest BCUT2D eigenvalue weighted by Crippen LogP contribution is -2.34. The molecule has 0 radical (unpaired) electrons. The Hall–Kier alpha value is 0.200. The first-order valence-electron chi connectivity index (χ1n) is 3.98. The fourth-order valence-electron chi connectivity index (χ4n) is 0.471. The highest BCUT2D eigenvalue weighted by molar-refractivity contribution is 14.1. The predicted octanol–water partition coefficient (Wildman–Crippen LogP) is 2.79. The quantitative estimate of drug-likeness (QED) is 0.443. The van der Waals surface area contributed by atoms with Crippen molar-refractivity contribution in [3.63, 3.8) is 0 Å². The van der Waals surface area contributed by atoms with Crippen LogP contribution in [0.1, 0.15) is 34.6 Å². The highest BCUT2D eigenvalue weighted by Crippen LogP contribution is 2.23. The molecule has 3 heteroatoms. The number of halogens is 1. The van der Waals surface area contributed by atoms with Crippen LogP contribution in [0.25, 0.3) is 0 Å². The minimum absolute atomic E-state index is 0.121. The maximum absolute atomic E-state index is 11.5. The van der Waals surface area contributed by atoms with Crippen LogP contribution in [-0.4, -0.2) is 16.0 Å². The molecule has 0 heterocycles. The van der Waals surface area contributed by atoms with Crippen molar-refractivity contribution in [1.29, 1.82) is 0 Å². The Labute approximate surface area is 88.2 Å². The summed E-state index contributed by atoms with van der Waals surface area (Å²) in [6.07, 6.45) is 0. The molecule has 0 unspecified atom stereocenters. The van der Waals surface area contributed by atoms with Gasteiger partial charge in [0.15, 0.2) is 0 Å². The summed E-state index contributed by atoms with van der Waals surface area (Å²) in [5.41, 5.74) is -0.742. The Morgan fingerprint density at radius 3 is 1.92 bits per heavy atom. The van der Waals surface area contributed by atoms with Crippen molar-refractivity contribution in [2.24, 2.45) is 5.41 Å². The lowest BCUT2D eigenvalue weighted by molar-refractivity contribution is -0.164. The van der Waals surface area contributed by atoms with Crippen LogP contribution < -0.4 is 0 Å². The zero-order chi connectivity index (χ0) is 9.99. The zero-order valence-corrected chi connectivity index (χ0v) is 10.6. The van der Waals surface area contributed by atoms with E-state index >= 15 is 0 Å². The van der Waals surface area contributed by atoms with Crippen LogP contribution in [0.2, 0.25) is 0 Å². The SMILES string of the molecule is CC(C)(C)OC(=O)C(C)(C)CI. The van der Waals surface area contributed by atoms with Crippen LogP contribution in [-0.2, 0) is 9.53 Å². The van der Waals surface area contributed by atoms with Gasteiger partial charge in [0.25, 0.3) is 0 Å². The number of carbonyl (C=O) groups excluding carboxylic acids is 1. The molecule has 0 atom stereocenters. The van der Waals surface area contributed by atoms with Gasteiger partial charge in [-0.05, 0) is 34.6 Å². The van der Waals surface area contributed by atoms with E-state index in [0.29, 0.717) is 0 Å². The van der Waals surface area contributed by atoms with Gasteiger partial charge in [0.05, 0.1) is 5.41 Å². The van der Waals surface area contributed by atoms with Gasteiger partial charge in [0, 0.05) is 4.43 Å². The van der Waals surface area contributed by atoms with Gasteiger partial charge in [-0.25, -0.2) is 0 Å². The Kier molecular flexibility index (Phi) is 4.00. The van der Waals surface area contributed by atoms with E-state index in [1.165, 1.54) is 0 Å². The third-order valence-corrected chi connectivity index (χ3v) is 3.19. The van der Waals surface area contributed by atoms with Crippen LogP contribution >= 0.6 is 22.6 Å². The summed E-state index contributed by atoms with van der Waals surface area (Å²) in [6, 6.07) is 0. The molecule has 0 saturated heterocycles. The van der Waals surface area contributed by atoms with E-state index in [4.69, 9.17) is 4.74 Å². The molecule has 0 amide bonds. The van der Waals surface area contributed by atoms with E-state index in [1.54, 1.807) is 0 Å². The molecule has 0 aliphatic carbocycles. The lowest BCUT2D eigenvalue weighted by Gasteiger charge is -2.26. The molecule has 0 aromatic carbocycles. The first kappa shape index (κ1) is 12.2. The van der Waals surface area contributed by atoms with Crippen LogP contribution in [0.4, 0.5) is 0 Å². The zero-order valence-electron chi connectivity index (χ0n) is 8.40. The summed E-state index contributed by atoms with van der Waals surface area (Å²) in [7, 11) is 0. The Balaban J connectivity index is 4.23. The predicted molar refractivity (Wildman–Crippen MR) is 58.5 cm³/mol. The Morgan fingerprint density at radius 1 is 1.25 bits per heavy atom. The highest BCUT2D eigenvalue weighted by Gasteiger charge is 2.31. The summed E-state index contributed by atoms with van der Waals surface area (Å²) >= 11 is 2.20. The van der Waals surface area contributed by atoms with E-state index in [-0.39, 0.29) is 17.0 Å². The molecule has 0 fully saturated rings. The van der Waals surface area contributed by atoms with Crippen molar-refractivity contribution in [1.82, 2.24) is 0 Å². The van der Waals surface area contributed by atoms with Gasteiger partial charge in [-0.15, -0.1) is 0 Å².